The first kappa shape index (κ1) is 15.3. The van der Waals surface area contributed by atoms with E-state index in [2.05, 4.69) is 71.7 Å². The molecule has 0 bridgehead atoms. The highest BCUT2D eigenvalue weighted by Crippen LogP contribution is 2.15. The van der Waals surface area contributed by atoms with Gasteiger partial charge in [-0.25, -0.2) is 0 Å². The maximum Gasteiger partial charge on any atom is 0.0234 e. The van der Waals surface area contributed by atoms with Crippen LogP contribution in [0.4, 0.5) is 0 Å². The summed E-state index contributed by atoms with van der Waals surface area (Å²) in [5, 5.41) is 3.72. The molecule has 116 valence electrons. The lowest BCUT2D eigenvalue weighted by molar-refractivity contribution is 0.182. The fraction of sp³-hybridized carbons (Fsp3) is 0.400. The van der Waals surface area contributed by atoms with Crippen molar-refractivity contribution >= 4 is 0 Å². The third-order valence-electron chi connectivity index (χ3n) is 4.43. The van der Waals surface area contributed by atoms with E-state index in [0.29, 0.717) is 6.04 Å². The number of aryl methyl sites for hydroxylation is 1. The van der Waals surface area contributed by atoms with E-state index in [1.165, 1.54) is 36.1 Å². The minimum atomic E-state index is 0.610. The number of hydrogen-bond donors (Lipinski definition) is 1. The number of hydrogen-bond acceptors (Lipinski definition) is 2. The quantitative estimate of drug-likeness (QED) is 0.903. The van der Waals surface area contributed by atoms with Gasteiger partial charge in [0.15, 0.2) is 0 Å². The molecule has 0 spiro atoms. The lowest BCUT2D eigenvalue weighted by atomic mass is 10.0. The van der Waals surface area contributed by atoms with Gasteiger partial charge in [-0.2, -0.15) is 0 Å². The topological polar surface area (TPSA) is 15.3 Å². The fourth-order valence-electron chi connectivity index (χ4n) is 3.29. The molecular formula is C20H26N2. The Morgan fingerprint density at radius 3 is 2.68 bits per heavy atom. The Labute approximate surface area is 134 Å². The highest BCUT2D eigenvalue weighted by atomic mass is 15.2. The van der Waals surface area contributed by atoms with Gasteiger partial charge in [0.25, 0.3) is 0 Å². The Bertz CT molecular complexity index is 579. The molecule has 1 aliphatic rings. The summed E-state index contributed by atoms with van der Waals surface area (Å²) in [4.78, 5) is 2.58. The maximum absolute atomic E-state index is 3.72. The van der Waals surface area contributed by atoms with Gasteiger partial charge in [0.1, 0.15) is 0 Å². The molecular weight excluding hydrogens is 268 g/mol. The molecule has 2 heteroatoms. The first-order valence-corrected chi connectivity index (χ1v) is 8.35. The molecule has 2 aromatic carbocycles. The molecule has 1 aliphatic heterocycles. The van der Waals surface area contributed by atoms with Crippen LogP contribution in [0.1, 0.15) is 29.5 Å². The molecule has 1 unspecified atom stereocenters. The van der Waals surface area contributed by atoms with E-state index in [1.807, 2.05) is 0 Å². The molecule has 0 aliphatic carbocycles. The van der Waals surface area contributed by atoms with Gasteiger partial charge in [0, 0.05) is 25.7 Å². The van der Waals surface area contributed by atoms with Crippen molar-refractivity contribution in [3.63, 3.8) is 0 Å². The molecule has 1 atom stereocenters. The molecule has 2 nitrogen and oxygen atoms in total. The number of piperidine rings is 1. The lowest BCUT2D eigenvalue weighted by Crippen LogP contribution is -2.45. The van der Waals surface area contributed by atoms with Gasteiger partial charge < -0.3 is 5.32 Å². The van der Waals surface area contributed by atoms with Crippen molar-refractivity contribution in [1.29, 1.82) is 0 Å². The number of benzene rings is 2. The highest BCUT2D eigenvalue weighted by Gasteiger charge is 2.19. The molecule has 0 aromatic heterocycles. The molecule has 0 amide bonds. The van der Waals surface area contributed by atoms with Crippen molar-refractivity contribution in [1.82, 2.24) is 10.2 Å². The zero-order valence-corrected chi connectivity index (χ0v) is 13.5. The third kappa shape index (κ3) is 4.43. The van der Waals surface area contributed by atoms with Gasteiger partial charge >= 0.3 is 0 Å². The van der Waals surface area contributed by atoms with Gasteiger partial charge in [0.2, 0.25) is 0 Å². The molecule has 22 heavy (non-hydrogen) atoms. The SMILES string of the molecule is Cc1cccc(CN2CCCC(NCc3ccccc3)C2)c1. The monoisotopic (exact) mass is 294 g/mol. The Kier molecular flexibility index (Phi) is 5.25. The van der Waals surface area contributed by atoms with E-state index >= 15 is 0 Å². The summed E-state index contributed by atoms with van der Waals surface area (Å²) in [7, 11) is 0. The van der Waals surface area contributed by atoms with Crippen molar-refractivity contribution in [3.05, 3.63) is 71.3 Å². The molecule has 1 fully saturated rings. The zero-order valence-electron chi connectivity index (χ0n) is 13.5. The van der Waals surface area contributed by atoms with Crippen LogP contribution < -0.4 is 5.32 Å². The van der Waals surface area contributed by atoms with Gasteiger partial charge in [-0.15, -0.1) is 0 Å². The summed E-state index contributed by atoms with van der Waals surface area (Å²) in [6.45, 7) is 6.59. The number of nitrogens with one attached hydrogen (secondary N) is 1. The molecule has 1 heterocycles. The average molecular weight is 294 g/mol. The highest BCUT2D eigenvalue weighted by molar-refractivity contribution is 5.22. The van der Waals surface area contributed by atoms with Crippen LogP contribution in [-0.4, -0.2) is 24.0 Å². The van der Waals surface area contributed by atoms with Crippen LogP contribution >= 0.6 is 0 Å². The van der Waals surface area contributed by atoms with E-state index in [4.69, 9.17) is 0 Å². The van der Waals surface area contributed by atoms with Gasteiger partial charge in [-0.05, 0) is 37.4 Å². The fourth-order valence-corrected chi connectivity index (χ4v) is 3.29. The summed E-state index contributed by atoms with van der Waals surface area (Å²) >= 11 is 0. The summed E-state index contributed by atoms with van der Waals surface area (Å²) < 4.78 is 0. The summed E-state index contributed by atoms with van der Waals surface area (Å²) in [6, 6.07) is 20.2. The molecule has 3 rings (SSSR count). The molecule has 2 aromatic rings. The van der Waals surface area contributed by atoms with Crippen molar-refractivity contribution in [2.75, 3.05) is 13.1 Å². The van der Waals surface area contributed by atoms with E-state index in [1.54, 1.807) is 0 Å². The molecule has 1 N–H and O–H groups in total. The first-order chi connectivity index (χ1) is 10.8. The van der Waals surface area contributed by atoms with Crippen molar-refractivity contribution in [2.45, 2.75) is 38.9 Å². The third-order valence-corrected chi connectivity index (χ3v) is 4.43. The molecule has 0 radical (unpaired) electrons. The normalized spacial score (nSPS) is 19.2. The number of rotatable bonds is 5. The Balaban J connectivity index is 1.51. The molecule has 0 saturated carbocycles. The van der Waals surface area contributed by atoms with Gasteiger partial charge in [-0.1, -0.05) is 60.2 Å². The lowest BCUT2D eigenvalue weighted by Gasteiger charge is -2.33. The maximum atomic E-state index is 3.72. The van der Waals surface area contributed by atoms with Crippen LogP contribution in [-0.2, 0) is 13.1 Å². The minimum absolute atomic E-state index is 0.610. The van der Waals surface area contributed by atoms with Crippen molar-refractivity contribution < 1.29 is 0 Å². The summed E-state index contributed by atoms with van der Waals surface area (Å²) in [6.07, 6.45) is 2.58. The zero-order chi connectivity index (χ0) is 15.2. The Morgan fingerprint density at radius 2 is 1.86 bits per heavy atom. The number of likely N-dealkylation sites (tertiary alicyclic amines) is 1. The number of nitrogens with zero attached hydrogens (tertiary/aromatic N) is 1. The predicted molar refractivity (Wildman–Crippen MR) is 92.8 cm³/mol. The summed E-state index contributed by atoms with van der Waals surface area (Å²) in [5.41, 5.74) is 4.16. The molecule has 1 saturated heterocycles. The van der Waals surface area contributed by atoms with E-state index in [0.717, 1.165) is 19.6 Å². The van der Waals surface area contributed by atoms with Crippen LogP contribution in [0.3, 0.4) is 0 Å². The van der Waals surface area contributed by atoms with E-state index in [-0.39, 0.29) is 0 Å². The van der Waals surface area contributed by atoms with Crippen LogP contribution in [0.2, 0.25) is 0 Å². The second kappa shape index (κ2) is 7.57. The minimum Gasteiger partial charge on any atom is -0.309 e. The predicted octanol–water partition coefficient (Wildman–Crippen LogP) is 3.75. The second-order valence-electron chi connectivity index (χ2n) is 6.43. The van der Waals surface area contributed by atoms with Crippen molar-refractivity contribution in [3.8, 4) is 0 Å². The van der Waals surface area contributed by atoms with Crippen LogP contribution in [0.25, 0.3) is 0 Å². The smallest absolute Gasteiger partial charge is 0.0234 e. The van der Waals surface area contributed by atoms with Crippen LogP contribution in [0.5, 0.6) is 0 Å². The van der Waals surface area contributed by atoms with Gasteiger partial charge in [0.05, 0.1) is 0 Å². The Hall–Kier alpha value is -1.64. The van der Waals surface area contributed by atoms with E-state index < -0.39 is 0 Å². The average Bonchev–Trinajstić information content (AvgIpc) is 2.54. The van der Waals surface area contributed by atoms with Crippen molar-refractivity contribution in [2.24, 2.45) is 0 Å². The Morgan fingerprint density at radius 1 is 1.05 bits per heavy atom. The van der Waals surface area contributed by atoms with Gasteiger partial charge in [-0.3, -0.25) is 4.90 Å². The second-order valence-corrected chi connectivity index (χ2v) is 6.43. The first-order valence-electron chi connectivity index (χ1n) is 8.35. The van der Waals surface area contributed by atoms with Crippen LogP contribution in [0.15, 0.2) is 54.6 Å². The standard InChI is InChI=1S/C20H26N2/c1-17-7-5-10-19(13-17)15-22-12-6-11-20(16-22)21-14-18-8-3-2-4-9-18/h2-5,7-10,13,20-21H,6,11-12,14-16H2,1H3. The van der Waals surface area contributed by atoms with E-state index in [9.17, 15) is 0 Å². The van der Waals surface area contributed by atoms with Crippen LogP contribution in [0, 0.1) is 6.92 Å². The largest absolute Gasteiger partial charge is 0.309 e. The summed E-state index contributed by atoms with van der Waals surface area (Å²) in [5.74, 6) is 0.